The van der Waals surface area contributed by atoms with Crippen LogP contribution >= 0.6 is 0 Å². The fourth-order valence-corrected chi connectivity index (χ4v) is 0.840. The van der Waals surface area contributed by atoms with Gasteiger partial charge in [0.1, 0.15) is 0 Å². The molecule has 1 amide bonds. The van der Waals surface area contributed by atoms with Crippen molar-refractivity contribution in [2.45, 2.75) is 0 Å². The summed E-state index contributed by atoms with van der Waals surface area (Å²) in [5.41, 5.74) is 5.72. The molecule has 2 N–H and O–H groups in total. The van der Waals surface area contributed by atoms with Gasteiger partial charge in [0, 0.05) is 25.7 Å². The summed E-state index contributed by atoms with van der Waals surface area (Å²) in [6, 6.07) is 0. The smallest absolute Gasteiger partial charge is 0.246 e. The molecule has 0 saturated heterocycles. The highest BCUT2D eigenvalue weighted by molar-refractivity contribution is 5.92. The molecule has 0 aliphatic carbocycles. The Hall–Kier alpha value is -1.76. The number of allylic oxidation sites excluding steroid dienone is 2. The van der Waals surface area contributed by atoms with E-state index in [1.54, 1.807) is 6.08 Å². The SMILES string of the molecule is C#N.CN1C=CC=C(C(N)=O)C1. The van der Waals surface area contributed by atoms with Gasteiger partial charge < -0.3 is 10.6 Å². The number of primary amides is 1. The van der Waals surface area contributed by atoms with E-state index in [1.807, 2.05) is 24.2 Å². The van der Waals surface area contributed by atoms with Crippen LogP contribution in [0.1, 0.15) is 0 Å². The number of likely N-dealkylation sites (N-methyl/N-ethyl adjacent to an activating group) is 1. The molecule has 0 atom stereocenters. The predicted molar refractivity (Wildman–Crippen MR) is 45.7 cm³/mol. The lowest BCUT2D eigenvalue weighted by Crippen LogP contribution is -2.25. The molecule has 1 aliphatic rings. The summed E-state index contributed by atoms with van der Waals surface area (Å²) in [5, 5.41) is 6.50. The molecule has 1 aliphatic heterocycles. The van der Waals surface area contributed by atoms with Crippen LogP contribution in [0.5, 0.6) is 0 Å². The lowest BCUT2D eigenvalue weighted by atomic mass is 10.2. The van der Waals surface area contributed by atoms with Crippen LogP contribution in [0.3, 0.4) is 0 Å². The monoisotopic (exact) mass is 165 g/mol. The summed E-state index contributed by atoms with van der Waals surface area (Å²) < 4.78 is 0. The summed E-state index contributed by atoms with van der Waals surface area (Å²) in [7, 11) is 1.90. The first-order chi connectivity index (χ1) is 5.70. The van der Waals surface area contributed by atoms with Crippen LogP contribution in [0.4, 0.5) is 0 Å². The van der Waals surface area contributed by atoms with E-state index in [-0.39, 0.29) is 5.91 Å². The number of hydrogen-bond acceptors (Lipinski definition) is 3. The molecule has 0 spiro atoms. The van der Waals surface area contributed by atoms with Crippen LogP contribution in [0.2, 0.25) is 0 Å². The number of hydrogen-bond donors (Lipinski definition) is 1. The molecule has 12 heavy (non-hydrogen) atoms. The third-order valence-corrected chi connectivity index (χ3v) is 1.37. The van der Waals surface area contributed by atoms with Crippen molar-refractivity contribution in [3.63, 3.8) is 0 Å². The normalized spacial score (nSPS) is 14.2. The number of nitriles is 1. The summed E-state index contributed by atoms with van der Waals surface area (Å²) in [6.45, 7) is 4.12. The number of nitrogens with two attached hydrogens (primary N) is 1. The van der Waals surface area contributed by atoms with Gasteiger partial charge in [0.25, 0.3) is 0 Å². The van der Waals surface area contributed by atoms with Crippen molar-refractivity contribution < 1.29 is 4.79 Å². The molecule has 0 bridgehead atoms. The van der Waals surface area contributed by atoms with Gasteiger partial charge in [-0.25, -0.2) is 5.26 Å². The Bertz CT molecular complexity index is 240. The maximum absolute atomic E-state index is 10.6. The van der Waals surface area contributed by atoms with Gasteiger partial charge in [-0.2, -0.15) is 0 Å². The molecule has 4 nitrogen and oxygen atoms in total. The Kier molecular flexibility index (Phi) is 4.24. The number of carbonyl (C=O) groups is 1. The van der Waals surface area contributed by atoms with Gasteiger partial charge in [0.2, 0.25) is 5.91 Å². The number of amides is 1. The van der Waals surface area contributed by atoms with Crippen LogP contribution in [0.25, 0.3) is 0 Å². The van der Waals surface area contributed by atoms with Crippen molar-refractivity contribution in [1.29, 1.82) is 5.26 Å². The van der Waals surface area contributed by atoms with E-state index in [0.717, 1.165) is 0 Å². The van der Waals surface area contributed by atoms with Crippen molar-refractivity contribution in [3.8, 4) is 6.57 Å². The average molecular weight is 165 g/mol. The van der Waals surface area contributed by atoms with E-state index in [9.17, 15) is 4.79 Å². The first-order valence-electron chi connectivity index (χ1n) is 3.33. The van der Waals surface area contributed by atoms with E-state index in [1.165, 1.54) is 0 Å². The van der Waals surface area contributed by atoms with Gasteiger partial charge in [0.15, 0.2) is 0 Å². The topological polar surface area (TPSA) is 70.1 Å². The Morgan fingerprint density at radius 3 is 2.67 bits per heavy atom. The molecule has 0 aromatic carbocycles. The van der Waals surface area contributed by atoms with E-state index in [0.29, 0.717) is 12.1 Å². The van der Waals surface area contributed by atoms with Gasteiger partial charge in [-0.05, 0) is 12.3 Å². The second-order valence-corrected chi connectivity index (χ2v) is 2.31. The highest BCUT2D eigenvalue weighted by Crippen LogP contribution is 2.03. The largest absolute Gasteiger partial charge is 0.376 e. The predicted octanol–water partition coefficient (Wildman–Crippen LogP) is -0.00302. The van der Waals surface area contributed by atoms with Crippen LogP contribution in [0.15, 0.2) is 23.9 Å². The maximum atomic E-state index is 10.6. The summed E-state index contributed by atoms with van der Waals surface area (Å²) in [5.74, 6) is -0.337. The summed E-state index contributed by atoms with van der Waals surface area (Å²) in [4.78, 5) is 12.5. The number of nitrogens with zero attached hydrogens (tertiary/aromatic N) is 2. The third-order valence-electron chi connectivity index (χ3n) is 1.37. The van der Waals surface area contributed by atoms with E-state index < -0.39 is 0 Å². The van der Waals surface area contributed by atoms with Crippen molar-refractivity contribution >= 4 is 5.91 Å². The van der Waals surface area contributed by atoms with Crippen molar-refractivity contribution in [3.05, 3.63) is 23.9 Å². The molecule has 4 heteroatoms. The summed E-state index contributed by atoms with van der Waals surface area (Å²) in [6.07, 6.45) is 5.44. The Balaban J connectivity index is 0.000000561. The zero-order valence-electron chi connectivity index (χ0n) is 6.90. The van der Waals surface area contributed by atoms with E-state index >= 15 is 0 Å². The van der Waals surface area contributed by atoms with Crippen LogP contribution in [0, 0.1) is 11.8 Å². The Morgan fingerprint density at radius 2 is 2.33 bits per heavy atom. The van der Waals surface area contributed by atoms with Gasteiger partial charge in [-0.15, -0.1) is 0 Å². The fourth-order valence-electron chi connectivity index (χ4n) is 0.840. The minimum absolute atomic E-state index is 0.337. The lowest BCUT2D eigenvalue weighted by molar-refractivity contribution is -0.114. The second kappa shape index (κ2) is 4.97. The molecular formula is C8H11N3O. The average Bonchev–Trinajstić information content (AvgIpc) is 2.08. The highest BCUT2D eigenvalue weighted by Gasteiger charge is 2.07. The first-order valence-corrected chi connectivity index (χ1v) is 3.33. The van der Waals surface area contributed by atoms with E-state index in [4.69, 9.17) is 11.0 Å². The minimum Gasteiger partial charge on any atom is -0.376 e. The molecule has 0 aromatic rings. The molecule has 64 valence electrons. The molecule has 0 unspecified atom stereocenters. The quantitative estimate of drug-likeness (QED) is 0.594. The standard InChI is InChI=1S/C7H10N2O.CHN/c1-9-4-2-3-6(5-9)7(8)10;1-2/h2-4H,5H2,1H3,(H2,8,10);1H. The van der Waals surface area contributed by atoms with Crippen molar-refractivity contribution in [1.82, 2.24) is 4.90 Å². The molecule has 1 heterocycles. The lowest BCUT2D eigenvalue weighted by Gasteiger charge is -2.17. The number of carbonyl (C=O) groups excluding carboxylic acids is 1. The van der Waals surface area contributed by atoms with Crippen molar-refractivity contribution in [2.24, 2.45) is 5.73 Å². The zero-order chi connectivity index (χ0) is 9.56. The Labute approximate surface area is 71.6 Å². The second-order valence-electron chi connectivity index (χ2n) is 2.31. The fraction of sp³-hybridized carbons (Fsp3) is 0.250. The van der Waals surface area contributed by atoms with Gasteiger partial charge in [-0.3, -0.25) is 4.79 Å². The van der Waals surface area contributed by atoms with Gasteiger partial charge in [0.05, 0.1) is 0 Å². The Morgan fingerprint density at radius 1 is 1.75 bits per heavy atom. The summed E-state index contributed by atoms with van der Waals surface area (Å²) >= 11 is 0. The van der Waals surface area contributed by atoms with Crippen LogP contribution < -0.4 is 5.73 Å². The number of rotatable bonds is 1. The minimum atomic E-state index is -0.337. The molecule has 0 aromatic heterocycles. The van der Waals surface area contributed by atoms with Gasteiger partial charge in [-0.1, -0.05) is 6.08 Å². The molecule has 0 saturated carbocycles. The zero-order valence-corrected chi connectivity index (χ0v) is 6.90. The van der Waals surface area contributed by atoms with Crippen LogP contribution in [-0.2, 0) is 4.79 Å². The highest BCUT2D eigenvalue weighted by atomic mass is 16.1. The molecular weight excluding hydrogens is 154 g/mol. The molecule has 0 fully saturated rings. The van der Waals surface area contributed by atoms with Crippen LogP contribution in [-0.4, -0.2) is 24.4 Å². The van der Waals surface area contributed by atoms with E-state index in [2.05, 4.69) is 6.57 Å². The third kappa shape index (κ3) is 2.88. The first kappa shape index (κ1) is 10.2. The molecule has 1 rings (SSSR count). The maximum Gasteiger partial charge on any atom is 0.246 e. The van der Waals surface area contributed by atoms with Gasteiger partial charge >= 0.3 is 0 Å². The molecule has 0 radical (unpaired) electrons. The van der Waals surface area contributed by atoms with Crippen molar-refractivity contribution in [2.75, 3.05) is 13.6 Å².